The molecule has 1 saturated heterocycles. The van der Waals surface area contributed by atoms with Gasteiger partial charge in [0.05, 0.1) is 23.8 Å². The first-order chi connectivity index (χ1) is 12.5. The van der Waals surface area contributed by atoms with Gasteiger partial charge < -0.3 is 14.4 Å². The first-order valence-electron chi connectivity index (χ1n) is 8.91. The number of aromatic nitrogens is 4. The third kappa shape index (κ3) is 3.79. The number of aryl methyl sites for hydroxylation is 2. The van der Waals surface area contributed by atoms with Crippen LogP contribution in [-0.2, 0) is 16.6 Å². The SMILES string of the molecule is CCOC(=O)C1CCN(c2ncnc(Oc3cc(C)nn3C)c2C)CC1. The smallest absolute Gasteiger partial charge is 0.309 e. The Morgan fingerprint density at radius 2 is 2.00 bits per heavy atom. The number of hydrogen-bond acceptors (Lipinski definition) is 7. The molecule has 0 bridgehead atoms. The number of hydrogen-bond donors (Lipinski definition) is 0. The van der Waals surface area contributed by atoms with Crippen molar-refractivity contribution < 1.29 is 14.3 Å². The molecular formula is C18H25N5O3. The van der Waals surface area contributed by atoms with Gasteiger partial charge in [-0.05, 0) is 33.6 Å². The summed E-state index contributed by atoms with van der Waals surface area (Å²) in [4.78, 5) is 22.8. The molecule has 140 valence electrons. The number of carbonyl (C=O) groups excluding carboxylic acids is 1. The Labute approximate surface area is 153 Å². The molecular weight excluding hydrogens is 334 g/mol. The van der Waals surface area contributed by atoms with Crippen LogP contribution in [0.5, 0.6) is 11.8 Å². The number of piperidine rings is 1. The molecule has 0 spiro atoms. The summed E-state index contributed by atoms with van der Waals surface area (Å²) in [6, 6.07) is 1.87. The van der Waals surface area contributed by atoms with Crippen LogP contribution >= 0.6 is 0 Å². The van der Waals surface area contributed by atoms with Crippen molar-refractivity contribution in [2.75, 3.05) is 24.6 Å². The monoisotopic (exact) mass is 359 g/mol. The van der Waals surface area contributed by atoms with Crippen molar-refractivity contribution in [3.05, 3.63) is 23.7 Å². The lowest BCUT2D eigenvalue weighted by atomic mass is 9.97. The van der Waals surface area contributed by atoms with Gasteiger partial charge in [-0.25, -0.2) is 14.6 Å². The predicted molar refractivity (Wildman–Crippen MR) is 96.4 cm³/mol. The van der Waals surface area contributed by atoms with Gasteiger partial charge in [-0.3, -0.25) is 4.79 Å². The van der Waals surface area contributed by atoms with Crippen molar-refractivity contribution in [2.45, 2.75) is 33.6 Å². The molecule has 0 saturated carbocycles. The first kappa shape index (κ1) is 18.2. The van der Waals surface area contributed by atoms with E-state index in [1.54, 1.807) is 4.68 Å². The Morgan fingerprint density at radius 3 is 2.62 bits per heavy atom. The number of anilines is 1. The molecule has 3 rings (SSSR count). The van der Waals surface area contributed by atoms with Gasteiger partial charge in [0.25, 0.3) is 0 Å². The zero-order valence-corrected chi connectivity index (χ0v) is 15.7. The zero-order valence-electron chi connectivity index (χ0n) is 15.7. The topological polar surface area (TPSA) is 82.4 Å². The Kier molecular flexibility index (Phi) is 5.39. The molecule has 0 atom stereocenters. The van der Waals surface area contributed by atoms with Crippen LogP contribution in [0, 0.1) is 19.8 Å². The summed E-state index contributed by atoms with van der Waals surface area (Å²) < 4.78 is 12.7. The van der Waals surface area contributed by atoms with Gasteiger partial charge in [-0.15, -0.1) is 0 Å². The summed E-state index contributed by atoms with van der Waals surface area (Å²) >= 11 is 0. The summed E-state index contributed by atoms with van der Waals surface area (Å²) in [5.41, 5.74) is 1.76. The van der Waals surface area contributed by atoms with Gasteiger partial charge in [0.1, 0.15) is 12.1 Å². The highest BCUT2D eigenvalue weighted by atomic mass is 16.5. The zero-order chi connectivity index (χ0) is 18.7. The van der Waals surface area contributed by atoms with Crippen LogP contribution < -0.4 is 9.64 Å². The molecule has 0 aliphatic carbocycles. The molecule has 1 aliphatic heterocycles. The minimum absolute atomic E-state index is 0.0264. The van der Waals surface area contributed by atoms with Gasteiger partial charge in [0.15, 0.2) is 0 Å². The fourth-order valence-electron chi connectivity index (χ4n) is 3.22. The van der Waals surface area contributed by atoms with Crippen LogP contribution in [0.25, 0.3) is 0 Å². The third-order valence-electron chi connectivity index (χ3n) is 4.59. The van der Waals surface area contributed by atoms with Gasteiger partial charge in [0.2, 0.25) is 11.8 Å². The Bertz CT molecular complexity index is 781. The molecule has 0 amide bonds. The molecule has 3 heterocycles. The maximum atomic E-state index is 11.9. The van der Waals surface area contributed by atoms with Crippen LogP contribution in [-0.4, -0.2) is 45.4 Å². The second-order valence-electron chi connectivity index (χ2n) is 6.49. The highest BCUT2D eigenvalue weighted by Crippen LogP contribution is 2.30. The summed E-state index contributed by atoms with van der Waals surface area (Å²) in [6.45, 7) is 7.64. The van der Waals surface area contributed by atoms with E-state index in [1.807, 2.05) is 33.9 Å². The van der Waals surface area contributed by atoms with E-state index in [4.69, 9.17) is 9.47 Å². The number of ether oxygens (including phenoxy) is 2. The molecule has 8 nitrogen and oxygen atoms in total. The number of esters is 1. The fraction of sp³-hybridized carbons (Fsp3) is 0.556. The van der Waals surface area contributed by atoms with Crippen molar-refractivity contribution in [1.29, 1.82) is 0 Å². The number of carbonyl (C=O) groups is 1. The van der Waals surface area contributed by atoms with E-state index in [2.05, 4.69) is 20.0 Å². The molecule has 2 aromatic heterocycles. The number of nitrogens with zero attached hydrogens (tertiary/aromatic N) is 5. The lowest BCUT2D eigenvalue weighted by molar-refractivity contribution is -0.148. The molecule has 0 unspecified atom stereocenters. The van der Waals surface area contributed by atoms with Crippen LogP contribution in [0.3, 0.4) is 0 Å². The van der Waals surface area contributed by atoms with Crippen molar-refractivity contribution in [3.8, 4) is 11.8 Å². The maximum Gasteiger partial charge on any atom is 0.309 e. The lowest BCUT2D eigenvalue weighted by Gasteiger charge is -2.32. The number of rotatable bonds is 5. The fourth-order valence-corrected chi connectivity index (χ4v) is 3.22. The molecule has 0 N–H and O–H groups in total. The quantitative estimate of drug-likeness (QED) is 0.758. The molecule has 26 heavy (non-hydrogen) atoms. The second kappa shape index (κ2) is 7.72. The van der Waals surface area contributed by atoms with Crippen molar-refractivity contribution in [1.82, 2.24) is 19.7 Å². The van der Waals surface area contributed by atoms with E-state index < -0.39 is 0 Å². The van der Waals surface area contributed by atoms with Crippen LogP contribution in [0.1, 0.15) is 31.0 Å². The Balaban J connectivity index is 1.72. The van der Waals surface area contributed by atoms with Gasteiger partial charge in [-0.2, -0.15) is 5.10 Å². The maximum absolute atomic E-state index is 11.9. The largest absolute Gasteiger partial charge is 0.466 e. The summed E-state index contributed by atoms with van der Waals surface area (Å²) in [5.74, 6) is 1.88. The minimum Gasteiger partial charge on any atom is -0.466 e. The molecule has 8 heteroatoms. The van der Waals surface area contributed by atoms with Crippen LogP contribution in [0.2, 0.25) is 0 Å². The lowest BCUT2D eigenvalue weighted by Crippen LogP contribution is -2.37. The van der Waals surface area contributed by atoms with Crippen molar-refractivity contribution >= 4 is 11.8 Å². The van der Waals surface area contributed by atoms with E-state index in [9.17, 15) is 4.79 Å². The van der Waals surface area contributed by atoms with Crippen LogP contribution in [0.15, 0.2) is 12.4 Å². The highest BCUT2D eigenvalue weighted by molar-refractivity contribution is 5.72. The highest BCUT2D eigenvalue weighted by Gasteiger charge is 2.28. The van der Waals surface area contributed by atoms with E-state index in [0.717, 1.165) is 43.0 Å². The predicted octanol–water partition coefficient (Wildman–Crippen LogP) is 2.40. The van der Waals surface area contributed by atoms with Gasteiger partial charge >= 0.3 is 5.97 Å². The molecule has 1 fully saturated rings. The average molecular weight is 359 g/mol. The first-order valence-corrected chi connectivity index (χ1v) is 8.91. The Morgan fingerprint density at radius 1 is 1.27 bits per heavy atom. The Hall–Kier alpha value is -2.64. The minimum atomic E-state index is -0.0952. The van der Waals surface area contributed by atoms with Gasteiger partial charge in [0, 0.05) is 26.2 Å². The second-order valence-corrected chi connectivity index (χ2v) is 6.49. The normalized spacial score (nSPS) is 15.2. The standard InChI is InChI=1S/C18H25N5O3/c1-5-25-18(24)14-6-8-23(9-7-14)16-13(3)17(20-11-19-16)26-15-10-12(2)21-22(15)4/h10-11,14H,5-9H2,1-4H3. The molecule has 0 radical (unpaired) electrons. The average Bonchev–Trinajstić information content (AvgIpc) is 2.94. The third-order valence-corrected chi connectivity index (χ3v) is 4.59. The van der Waals surface area contributed by atoms with Gasteiger partial charge in [-0.1, -0.05) is 0 Å². The van der Waals surface area contributed by atoms with Crippen molar-refractivity contribution in [2.24, 2.45) is 13.0 Å². The molecule has 0 aromatic carbocycles. The van der Waals surface area contributed by atoms with Crippen molar-refractivity contribution in [3.63, 3.8) is 0 Å². The van der Waals surface area contributed by atoms with E-state index in [-0.39, 0.29) is 11.9 Å². The summed E-state index contributed by atoms with van der Waals surface area (Å²) in [6.07, 6.45) is 3.04. The summed E-state index contributed by atoms with van der Waals surface area (Å²) in [7, 11) is 1.83. The van der Waals surface area contributed by atoms with E-state index in [0.29, 0.717) is 18.4 Å². The van der Waals surface area contributed by atoms with E-state index in [1.165, 1.54) is 6.33 Å². The van der Waals surface area contributed by atoms with E-state index >= 15 is 0 Å². The molecule has 2 aromatic rings. The van der Waals surface area contributed by atoms with Crippen LogP contribution in [0.4, 0.5) is 5.82 Å². The summed E-state index contributed by atoms with van der Waals surface area (Å²) in [5, 5.41) is 4.28. The molecule has 1 aliphatic rings.